The number of aromatic nitrogens is 2. The molecule has 0 spiro atoms. The van der Waals surface area contributed by atoms with Crippen molar-refractivity contribution in [3.8, 4) is 0 Å². The molecule has 2 amide bonds. The number of nitrogens with one attached hydrogen (secondary N) is 2. The average molecular weight is 561 g/mol. The molecular weight excluding hydrogens is 521 g/mol. The zero-order valence-corrected chi connectivity index (χ0v) is 23.6. The van der Waals surface area contributed by atoms with Crippen LogP contribution in [0.2, 0.25) is 0 Å². The molecule has 2 fully saturated rings. The van der Waals surface area contributed by atoms with E-state index in [1.54, 1.807) is 29.2 Å². The highest BCUT2D eigenvalue weighted by atomic mass is 19.4. The molecule has 1 aromatic heterocycles. The number of hydrogen-bond donors (Lipinski definition) is 2. The lowest BCUT2D eigenvalue weighted by Crippen LogP contribution is -2.44. The number of carbonyl (C=O) groups excluding carboxylic acids is 2. The number of likely N-dealkylation sites (tertiary alicyclic amines) is 1. The number of amides is 2. The summed E-state index contributed by atoms with van der Waals surface area (Å²) in [5.41, 5.74) is 0.0869. The Hall–Kier alpha value is -3.21. The third kappa shape index (κ3) is 7.30. The van der Waals surface area contributed by atoms with Gasteiger partial charge in [-0.2, -0.15) is 13.2 Å². The van der Waals surface area contributed by atoms with Crippen LogP contribution in [0.5, 0.6) is 0 Å². The number of anilines is 2. The minimum atomic E-state index is -4.61. The Labute approximate surface area is 233 Å². The van der Waals surface area contributed by atoms with Gasteiger partial charge in [-0.05, 0) is 96.3 Å². The SMILES string of the molecule is CC(C)NC(=O)[C@H]1CCC[C@H]1Cc1nc(Nc2ccc(C(=O)N(C)C3CCN(C)CC3)cc2)ncc1C(F)(F)F. The highest BCUT2D eigenvalue weighted by molar-refractivity contribution is 5.94. The van der Waals surface area contributed by atoms with Crippen LogP contribution in [0, 0.1) is 11.8 Å². The van der Waals surface area contributed by atoms with Gasteiger partial charge in [0.25, 0.3) is 5.91 Å². The number of benzene rings is 1. The zero-order valence-electron chi connectivity index (χ0n) is 23.6. The van der Waals surface area contributed by atoms with E-state index in [0.717, 1.165) is 38.5 Å². The third-order valence-corrected chi connectivity index (χ3v) is 8.00. The van der Waals surface area contributed by atoms with Crippen molar-refractivity contribution in [2.24, 2.45) is 11.8 Å². The fourth-order valence-electron chi connectivity index (χ4n) is 5.71. The Morgan fingerprint density at radius 2 is 1.77 bits per heavy atom. The number of halogens is 3. The maximum Gasteiger partial charge on any atom is 0.419 e. The fraction of sp³-hybridized carbons (Fsp3) is 0.586. The van der Waals surface area contributed by atoms with E-state index >= 15 is 0 Å². The first-order valence-electron chi connectivity index (χ1n) is 14.0. The maximum atomic E-state index is 13.8. The van der Waals surface area contributed by atoms with E-state index in [1.165, 1.54) is 0 Å². The summed E-state index contributed by atoms with van der Waals surface area (Å²) in [6.07, 6.45) is 0.198. The number of nitrogens with zero attached hydrogens (tertiary/aromatic N) is 4. The van der Waals surface area contributed by atoms with Crippen LogP contribution in [0.3, 0.4) is 0 Å². The first-order valence-corrected chi connectivity index (χ1v) is 14.0. The molecule has 8 nitrogen and oxygen atoms in total. The summed E-state index contributed by atoms with van der Waals surface area (Å²) in [5.74, 6) is -0.718. The monoisotopic (exact) mass is 560 g/mol. The standard InChI is InChI=1S/C29H39F3N6O2/c1-18(2)34-26(39)23-7-5-6-20(23)16-25-24(29(30,31)32)17-33-28(36-25)35-21-10-8-19(9-11-21)27(40)38(4)22-12-14-37(3)15-13-22/h8-11,17-18,20,22-23H,5-7,12-16H2,1-4H3,(H,34,39)(H,33,35,36)/t20-,23-/m0/s1. The Kier molecular flexibility index (Phi) is 9.33. The van der Waals surface area contributed by atoms with E-state index in [1.807, 2.05) is 20.9 Å². The van der Waals surface area contributed by atoms with Gasteiger partial charge in [-0.25, -0.2) is 9.97 Å². The van der Waals surface area contributed by atoms with E-state index in [0.29, 0.717) is 24.1 Å². The normalized spacial score (nSPS) is 20.5. The van der Waals surface area contributed by atoms with Gasteiger partial charge in [0.2, 0.25) is 11.9 Å². The van der Waals surface area contributed by atoms with Gasteiger partial charge in [0.1, 0.15) is 0 Å². The summed E-state index contributed by atoms with van der Waals surface area (Å²) in [7, 11) is 3.90. The predicted molar refractivity (Wildman–Crippen MR) is 147 cm³/mol. The number of piperidine rings is 1. The van der Waals surface area contributed by atoms with Crippen LogP contribution < -0.4 is 10.6 Å². The van der Waals surface area contributed by atoms with Crippen LogP contribution >= 0.6 is 0 Å². The van der Waals surface area contributed by atoms with Crippen LogP contribution in [-0.2, 0) is 17.4 Å². The molecule has 1 saturated heterocycles. The molecule has 40 heavy (non-hydrogen) atoms. The van der Waals surface area contributed by atoms with Crippen LogP contribution in [0.15, 0.2) is 30.5 Å². The van der Waals surface area contributed by atoms with Crippen molar-refractivity contribution >= 4 is 23.5 Å². The Bertz CT molecular complexity index is 1180. The van der Waals surface area contributed by atoms with E-state index in [4.69, 9.17) is 0 Å². The van der Waals surface area contributed by atoms with E-state index in [-0.39, 0.29) is 53.8 Å². The molecule has 0 bridgehead atoms. The summed E-state index contributed by atoms with van der Waals surface area (Å²) in [6, 6.07) is 6.93. The maximum absolute atomic E-state index is 13.8. The van der Waals surface area contributed by atoms with E-state index in [9.17, 15) is 22.8 Å². The molecule has 2 aromatic rings. The van der Waals surface area contributed by atoms with Crippen molar-refractivity contribution < 1.29 is 22.8 Å². The lowest BCUT2D eigenvalue weighted by molar-refractivity contribution is -0.138. The van der Waals surface area contributed by atoms with Crippen LogP contribution in [0.25, 0.3) is 0 Å². The second-order valence-corrected chi connectivity index (χ2v) is 11.4. The Balaban J connectivity index is 1.47. The first-order chi connectivity index (χ1) is 18.9. The van der Waals surface area contributed by atoms with E-state index < -0.39 is 11.7 Å². The lowest BCUT2D eigenvalue weighted by atomic mass is 9.89. The summed E-state index contributed by atoms with van der Waals surface area (Å²) >= 11 is 0. The van der Waals surface area contributed by atoms with Crippen molar-refractivity contribution in [3.63, 3.8) is 0 Å². The average Bonchev–Trinajstić information content (AvgIpc) is 3.36. The van der Waals surface area contributed by atoms with Crippen LogP contribution in [0.4, 0.5) is 24.8 Å². The molecule has 0 unspecified atom stereocenters. The molecular formula is C29H39F3N6O2. The largest absolute Gasteiger partial charge is 0.419 e. The number of alkyl halides is 3. The minimum Gasteiger partial charge on any atom is -0.354 e. The summed E-state index contributed by atoms with van der Waals surface area (Å²) in [6.45, 7) is 5.63. The summed E-state index contributed by atoms with van der Waals surface area (Å²) < 4.78 is 41.5. The molecule has 2 atom stereocenters. The Morgan fingerprint density at radius 3 is 2.40 bits per heavy atom. The van der Waals surface area contributed by atoms with Crippen LogP contribution in [-0.4, -0.2) is 70.9 Å². The quantitative estimate of drug-likeness (QED) is 0.478. The first kappa shape index (κ1) is 29.8. The van der Waals surface area contributed by atoms with Crippen molar-refractivity contribution in [1.29, 1.82) is 0 Å². The van der Waals surface area contributed by atoms with Crippen molar-refractivity contribution in [3.05, 3.63) is 47.3 Å². The number of hydrogen-bond acceptors (Lipinski definition) is 6. The minimum absolute atomic E-state index is 0.0340. The molecule has 1 aliphatic carbocycles. The number of rotatable bonds is 8. The molecule has 11 heteroatoms. The molecule has 1 aliphatic heterocycles. The van der Waals surface area contributed by atoms with Gasteiger partial charge in [-0.3, -0.25) is 9.59 Å². The number of carbonyl (C=O) groups is 2. The van der Waals surface area contributed by atoms with Gasteiger partial charge >= 0.3 is 6.18 Å². The van der Waals surface area contributed by atoms with Crippen LogP contribution in [0.1, 0.15) is 67.6 Å². The summed E-state index contributed by atoms with van der Waals surface area (Å²) in [4.78, 5) is 37.9. The summed E-state index contributed by atoms with van der Waals surface area (Å²) in [5, 5.41) is 5.87. The fourth-order valence-corrected chi connectivity index (χ4v) is 5.71. The molecule has 1 aromatic carbocycles. The molecule has 2 N–H and O–H groups in total. The van der Waals surface area contributed by atoms with Crippen molar-refractivity contribution in [1.82, 2.24) is 25.1 Å². The second-order valence-electron chi connectivity index (χ2n) is 11.4. The molecule has 0 radical (unpaired) electrons. The van der Waals surface area contributed by atoms with Gasteiger partial charge < -0.3 is 20.4 Å². The second kappa shape index (κ2) is 12.5. The van der Waals surface area contributed by atoms with Gasteiger partial charge in [0.05, 0.1) is 11.3 Å². The lowest BCUT2D eigenvalue weighted by Gasteiger charge is -2.35. The van der Waals surface area contributed by atoms with Gasteiger partial charge in [0.15, 0.2) is 0 Å². The predicted octanol–water partition coefficient (Wildman–Crippen LogP) is 4.89. The molecule has 2 aliphatic rings. The molecule has 1 saturated carbocycles. The highest BCUT2D eigenvalue weighted by Crippen LogP contribution is 2.38. The Morgan fingerprint density at radius 1 is 1.10 bits per heavy atom. The molecule has 4 rings (SSSR count). The van der Waals surface area contributed by atoms with Crippen molar-refractivity contribution in [2.45, 2.75) is 70.6 Å². The topological polar surface area (TPSA) is 90.5 Å². The van der Waals surface area contributed by atoms with Crippen molar-refractivity contribution in [2.75, 3.05) is 32.5 Å². The van der Waals surface area contributed by atoms with E-state index in [2.05, 4.69) is 32.5 Å². The highest BCUT2D eigenvalue weighted by Gasteiger charge is 2.39. The van der Waals surface area contributed by atoms with Gasteiger partial charge in [0, 0.05) is 42.5 Å². The smallest absolute Gasteiger partial charge is 0.354 e. The van der Waals surface area contributed by atoms with Gasteiger partial charge in [-0.1, -0.05) is 6.42 Å². The molecule has 218 valence electrons. The van der Waals surface area contributed by atoms with Gasteiger partial charge in [-0.15, -0.1) is 0 Å². The zero-order chi connectivity index (χ0) is 29.0. The third-order valence-electron chi connectivity index (χ3n) is 8.00. The molecule has 2 heterocycles.